The van der Waals surface area contributed by atoms with Crippen LogP contribution in [0, 0.1) is 11.3 Å². The fourth-order valence-electron chi connectivity index (χ4n) is 3.25. The minimum Gasteiger partial charge on any atom is -0.409 e. The first-order chi connectivity index (χ1) is 9.40. The van der Waals surface area contributed by atoms with Crippen molar-refractivity contribution >= 4 is 17.6 Å². The lowest BCUT2D eigenvalue weighted by Gasteiger charge is -2.47. The second kappa shape index (κ2) is 5.30. The number of nitrogens with two attached hydrogens (primary N) is 1. The van der Waals surface area contributed by atoms with Crippen LogP contribution in [0.4, 0.5) is 0 Å². The van der Waals surface area contributed by atoms with E-state index in [1.54, 1.807) is 9.80 Å². The maximum absolute atomic E-state index is 12.7. The van der Waals surface area contributed by atoms with Gasteiger partial charge in [0.15, 0.2) is 5.84 Å². The summed E-state index contributed by atoms with van der Waals surface area (Å²) in [7, 11) is 0. The Kier molecular flexibility index (Phi) is 3.87. The topological polar surface area (TPSA) is 99.2 Å². The lowest BCUT2D eigenvalue weighted by Crippen LogP contribution is -2.61. The normalized spacial score (nSPS) is 30.9. The summed E-state index contributed by atoms with van der Waals surface area (Å²) in [5, 5.41) is 12.0. The fourth-order valence-corrected chi connectivity index (χ4v) is 3.25. The summed E-state index contributed by atoms with van der Waals surface area (Å²) in [4.78, 5) is 27.4. The van der Waals surface area contributed by atoms with Crippen LogP contribution in [0.25, 0.3) is 0 Å². The van der Waals surface area contributed by atoms with E-state index >= 15 is 0 Å². The lowest BCUT2D eigenvalue weighted by atomic mass is 9.61. The van der Waals surface area contributed by atoms with Crippen molar-refractivity contribution < 1.29 is 14.8 Å². The summed E-state index contributed by atoms with van der Waals surface area (Å²) >= 11 is 0. The maximum Gasteiger partial charge on any atom is 0.236 e. The summed E-state index contributed by atoms with van der Waals surface area (Å²) in [6.07, 6.45) is 1.24. The SMILES string of the molecule is CC(=O)N1CCN(C(=O)C2(C(N)=NO)CC(C)C2)CC1. The number of amidine groups is 1. The molecule has 1 saturated heterocycles. The van der Waals surface area contributed by atoms with Gasteiger partial charge in [0.1, 0.15) is 5.41 Å². The zero-order valence-corrected chi connectivity index (χ0v) is 12.0. The van der Waals surface area contributed by atoms with Crippen molar-refractivity contribution in [2.24, 2.45) is 22.2 Å². The van der Waals surface area contributed by atoms with Crippen molar-refractivity contribution in [3.05, 3.63) is 0 Å². The van der Waals surface area contributed by atoms with Gasteiger partial charge < -0.3 is 20.7 Å². The first-order valence-electron chi connectivity index (χ1n) is 6.93. The number of amides is 2. The molecule has 2 rings (SSSR count). The number of rotatable bonds is 2. The van der Waals surface area contributed by atoms with Gasteiger partial charge >= 0.3 is 0 Å². The number of hydrogen-bond acceptors (Lipinski definition) is 4. The number of piperazine rings is 1. The van der Waals surface area contributed by atoms with Crippen LogP contribution in [0.2, 0.25) is 0 Å². The highest BCUT2D eigenvalue weighted by molar-refractivity contribution is 6.07. The minimum absolute atomic E-state index is 0.00889. The molecule has 0 aromatic heterocycles. The molecule has 0 bridgehead atoms. The van der Waals surface area contributed by atoms with Crippen molar-refractivity contribution in [1.29, 1.82) is 0 Å². The molecule has 0 atom stereocenters. The van der Waals surface area contributed by atoms with E-state index in [9.17, 15) is 9.59 Å². The Bertz CT molecular complexity index is 435. The Morgan fingerprint density at radius 2 is 1.70 bits per heavy atom. The predicted octanol–water partition coefficient (Wildman–Crippen LogP) is -0.160. The van der Waals surface area contributed by atoms with E-state index in [2.05, 4.69) is 5.16 Å². The van der Waals surface area contributed by atoms with E-state index in [4.69, 9.17) is 10.9 Å². The van der Waals surface area contributed by atoms with Gasteiger partial charge in [-0.15, -0.1) is 0 Å². The number of carbonyl (C=O) groups is 2. The molecule has 0 aromatic rings. The number of carbonyl (C=O) groups excluding carboxylic acids is 2. The zero-order valence-electron chi connectivity index (χ0n) is 12.0. The van der Waals surface area contributed by atoms with Gasteiger partial charge in [-0.1, -0.05) is 12.1 Å². The van der Waals surface area contributed by atoms with Gasteiger partial charge in [0.05, 0.1) is 0 Å². The highest BCUT2D eigenvalue weighted by Crippen LogP contribution is 2.47. The first-order valence-corrected chi connectivity index (χ1v) is 6.93. The Morgan fingerprint density at radius 3 is 2.10 bits per heavy atom. The number of hydrogen-bond donors (Lipinski definition) is 2. The molecule has 2 fully saturated rings. The van der Waals surface area contributed by atoms with Crippen molar-refractivity contribution in [1.82, 2.24) is 9.80 Å². The molecule has 1 saturated carbocycles. The van der Waals surface area contributed by atoms with Crippen LogP contribution >= 0.6 is 0 Å². The number of oxime groups is 1. The van der Waals surface area contributed by atoms with Crippen molar-refractivity contribution in [3.63, 3.8) is 0 Å². The van der Waals surface area contributed by atoms with E-state index in [1.165, 1.54) is 6.92 Å². The third kappa shape index (κ3) is 2.32. The molecule has 1 heterocycles. The van der Waals surface area contributed by atoms with Crippen LogP contribution in [0.3, 0.4) is 0 Å². The minimum atomic E-state index is -0.841. The van der Waals surface area contributed by atoms with Gasteiger partial charge in [0.25, 0.3) is 0 Å². The molecule has 0 spiro atoms. The second-order valence-electron chi connectivity index (χ2n) is 5.88. The van der Waals surface area contributed by atoms with Crippen LogP contribution in [-0.4, -0.2) is 58.8 Å². The summed E-state index contributed by atoms with van der Waals surface area (Å²) in [5.41, 5.74) is 4.91. The Morgan fingerprint density at radius 1 is 1.20 bits per heavy atom. The molecule has 0 unspecified atom stereocenters. The Hall–Kier alpha value is -1.79. The molecule has 7 heteroatoms. The van der Waals surface area contributed by atoms with Crippen LogP contribution in [0.15, 0.2) is 5.16 Å². The maximum atomic E-state index is 12.7. The molecular weight excluding hydrogens is 260 g/mol. The van der Waals surface area contributed by atoms with Gasteiger partial charge in [-0.3, -0.25) is 9.59 Å². The van der Waals surface area contributed by atoms with E-state index in [1.807, 2.05) is 6.92 Å². The highest BCUT2D eigenvalue weighted by Gasteiger charge is 2.53. The molecule has 1 aliphatic carbocycles. The van der Waals surface area contributed by atoms with Crippen LogP contribution in [-0.2, 0) is 9.59 Å². The van der Waals surface area contributed by atoms with Crippen LogP contribution in [0.1, 0.15) is 26.7 Å². The second-order valence-corrected chi connectivity index (χ2v) is 5.88. The monoisotopic (exact) mass is 282 g/mol. The van der Waals surface area contributed by atoms with E-state index < -0.39 is 5.41 Å². The van der Waals surface area contributed by atoms with Gasteiger partial charge in [-0.05, 0) is 18.8 Å². The molecular formula is C13H22N4O3. The molecule has 0 radical (unpaired) electrons. The quantitative estimate of drug-likeness (QED) is 0.318. The van der Waals surface area contributed by atoms with Crippen molar-refractivity contribution in [2.45, 2.75) is 26.7 Å². The largest absolute Gasteiger partial charge is 0.409 e. The third-order valence-corrected chi connectivity index (χ3v) is 4.41. The smallest absolute Gasteiger partial charge is 0.236 e. The number of nitrogens with zero attached hydrogens (tertiary/aromatic N) is 3. The molecule has 7 nitrogen and oxygen atoms in total. The van der Waals surface area contributed by atoms with E-state index in [0.29, 0.717) is 44.9 Å². The average molecular weight is 282 g/mol. The molecule has 3 N–H and O–H groups in total. The zero-order chi connectivity index (χ0) is 14.9. The predicted molar refractivity (Wildman–Crippen MR) is 73.1 cm³/mol. The summed E-state index contributed by atoms with van der Waals surface area (Å²) < 4.78 is 0. The molecule has 0 aromatic carbocycles. The molecule has 1 aliphatic heterocycles. The van der Waals surface area contributed by atoms with E-state index in [0.717, 1.165) is 0 Å². The molecule has 112 valence electrons. The van der Waals surface area contributed by atoms with E-state index in [-0.39, 0.29) is 17.6 Å². The third-order valence-electron chi connectivity index (χ3n) is 4.41. The van der Waals surface area contributed by atoms with Gasteiger partial charge in [-0.2, -0.15) is 0 Å². The standard InChI is InChI=1S/C13H22N4O3/c1-9-7-13(8-9,11(14)15-20)12(19)17-5-3-16(4-6-17)10(2)18/h9,20H,3-8H2,1-2H3,(H2,14,15). The summed E-state index contributed by atoms with van der Waals surface area (Å²) in [6.45, 7) is 5.68. The van der Waals surface area contributed by atoms with Gasteiger partial charge in [0.2, 0.25) is 11.8 Å². The van der Waals surface area contributed by atoms with Crippen LogP contribution in [0.5, 0.6) is 0 Å². The van der Waals surface area contributed by atoms with Gasteiger partial charge in [0, 0.05) is 33.1 Å². The van der Waals surface area contributed by atoms with Gasteiger partial charge in [-0.25, -0.2) is 0 Å². The first kappa shape index (κ1) is 14.6. The fraction of sp³-hybridized carbons (Fsp3) is 0.769. The molecule has 2 aliphatic rings. The lowest BCUT2D eigenvalue weighted by molar-refractivity contribution is -0.148. The average Bonchev–Trinajstić information content (AvgIpc) is 2.42. The molecule has 2 amide bonds. The van der Waals surface area contributed by atoms with Crippen LogP contribution < -0.4 is 5.73 Å². The summed E-state index contributed by atoms with van der Waals surface area (Å²) in [5.74, 6) is 0.363. The summed E-state index contributed by atoms with van der Waals surface area (Å²) in [6, 6.07) is 0. The Labute approximate surface area is 118 Å². The highest BCUT2D eigenvalue weighted by atomic mass is 16.4. The Balaban J connectivity index is 2.06. The van der Waals surface area contributed by atoms with Crippen molar-refractivity contribution in [3.8, 4) is 0 Å². The molecule has 20 heavy (non-hydrogen) atoms. The van der Waals surface area contributed by atoms with Crippen molar-refractivity contribution in [2.75, 3.05) is 26.2 Å².